The Kier molecular flexibility index (Phi) is 5.25. The number of rotatable bonds is 7. The van der Waals surface area contributed by atoms with Crippen molar-refractivity contribution in [3.63, 3.8) is 0 Å². The van der Waals surface area contributed by atoms with Crippen LogP contribution in [-0.4, -0.2) is 27.4 Å². The summed E-state index contributed by atoms with van der Waals surface area (Å²) >= 11 is 1.63. The maximum atomic E-state index is 11.9. The molecule has 2 rings (SSSR count). The summed E-state index contributed by atoms with van der Waals surface area (Å²) in [5, 5.41) is 12.9. The molecule has 0 saturated heterocycles. The third-order valence-corrected chi connectivity index (χ3v) is 3.93. The second-order valence-corrected chi connectivity index (χ2v) is 5.58. The molecule has 20 heavy (non-hydrogen) atoms. The van der Waals surface area contributed by atoms with Gasteiger partial charge in [-0.15, -0.1) is 16.4 Å². The minimum Gasteiger partial charge on any atom is -0.347 e. The molecule has 108 valence electrons. The lowest BCUT2D eigenvalue weighted by atomic mass is 10.2. The molecule has 0 aliphatic heterocycles. The average molecular weight is 293 g/mol. The highest BCUT2D eigenvalue weighted by molar-refractivity contribution is 7.10. The first kappa shape index (κ1) is 14.7. The van der Waals surface area contributed by atoms with Crippen LogP contribution < -0.4 is 11.1 Å². The van der Waals surface area contributed by atoms with Crippen LogP contribution in [0.5, 0.6) is 0 Å². The van der Waals surface area contributed by atoms with Gasteiger partial charge in [-0.25, -0.2) is 4.68 Å². The number of carbonyl (C=O) groups is 1. The van der Waals surface area contributed by atoms with Gasteiger partial charge >= 0.3 is 0 Å². The van der Waals surface area contributed by atoms with Crippen LogP contribution in [0.15, 0.2) is 23.7 Å². The Morgan fingerprint density at radius 2 is 2.45 bits per heavy atom. The van der Waals surface area contributed by atoms with Gasteiger partial charge in [-0.2, -0.15) is 0 Å². The number of carbonyl (C=O) groups excluding carboxylic acids is 1. The predicted molar refractivity (Wildman–Crippen MR) is 78.3 cm³/mol. The fraction of sp³-hybridized carbons (Fsp3) is 0.462. The SMILES string of the molecule is CC(NC(=O)Cn1cc(CCCN)nn1)c1cccs1. The molecule has 1 amide bonds. The Bertz CT molecular complexity index is 537. The highest BCUT2D eigenvalue weighted by Gasteiger charge is 2.11. The third kappa shape index (κ3) is 4.14. The summed E-state index contributed by atoms with van der Waals surface area (Å²) < 4.78 is 1.56. The minimum absolute atomic E-state index is 0.0164. The zero-order chi connectivity index (χ0) is 14.4. The number of nitrogens with two attached hydrogens (primary N) is 1. The predicted octanol–water partition coefficient (Wildman–Crippen LogP) is 1.11. The van der Waals surface area contributed by atoms with E-state index in [0.717, 1.165) is 23.4 Å². The molecule has 0 spiro atoms. The number of nitrogens with one attached hydrogen (secondary N) is 1. The normalized spacial score (nSPS) is 12.3. The summed E-state index contributed by atoms with van der Waals surface area (Å²) in [6, 6.07) is 4.00. The summed E-state index contributed by atoms with van der Waals surface area (Å²) in [5.74, 6) is -0.0684. The zero-order valence-electron chi connectivity index (χ0n) is 11.5. The van der Waals surface area contributed by atoms with E-state index in [1.807, 2.05) is 24.4 Å². The monoisotopic (exact) mass is 293 g/mol. The van der Waals surface area contributed by atoms with E-state index in [1.54, 1.807) is 22.2 Å². The van der Waals surface area contributed by atoms with E-state index in [4.69, 9.17) is 5.73 Å². The Morgan fingerprint density at radius 3 is 3.15 bits per heavy atom. The van der Waals surface area contributed by atoms with Crippen LogP contribution in [0.4, 0.5) is 0 Å². The highest BCUT2D eigenvalue weighted by atomic mass is 32.1. The van der Waals surface area contributed by atoms with Gasteiger partial charge in [0.1, 0.15) is 6.54 Å². The largest absolute Gasteiger partial charge is 0.347 e. The van der Waals surface area contributed by atoms with Gasteiger partial charge in [0, 0.05) is 11.1 Å². The van der Waals surface area contributed by atoms with E-state index < -0.39 is 0 Å². The summed E-state index contributed by atoms with van der Waals surface area (Å²) in [4.78, 5) is 13.1. The molecule has 2 heterocycles. The molecule has 0 radical (unpaired) electrons. The molecule has 0 bridgehead atoms. The van der Waals surface area contributed by atoms with Crippen LogP contribution in [0.25, 0.3) is 0 Å². The quantitative estimate of drug-likeness (QED) is 0.800. The van der Waals surface area contributed by atoms with Gasteiger partial charge in [0.2, 0.25) is 5.91 Å². The van der Waals surface area contributed by atoms with Crippen molar-refractivity contribution in [2.75, 3.05) is 6.54 Å². The molecule has 0 saturated carbocycles. The van der Waals surface area contributed by atoms with E-state index in [0.29, 0.717) is 6.54 Å². The number of aromatic nitrogens is 3. The smallest absolute Gasteiger partial charge is 0.242 e. The lowest BCUT2D eigenvalue weighted by Gasteiger charge is -2.11. The first-order chi connectivity index (χ1) is 9.69. The molecule has 2 aromatic heterocycles. The Morgan fingerprint density at radius 1 is 1.60 bits per heavy atom. The molecular weight excluding hydrogens is 274 g/mol. The van der Waals surface area contributed by atoms with Crippen molar-refractivity contribution in [3.05, 3.63) is 34.3 Å². The van der Waals surface area contributed by atoms with Crippen LogP contribution >= 0.6 is 11.3 Å². The van der Waals surface area contributed by atoms with Crippen LogP contribution in [0.1, 0.15) is 30.0 Å². The minimum atomic E-state index is -0.0684. The van der Waals surface area contributed by atoms with E-state index in [-0.39, 0.29) is 18.5 Å². The van der Waals surface area contributed by atoms with Crippen molar-refractivity contribution in [1.29, 1.82) is 0 Å². The maximum absolute atomic E-state index is 11.9. The van der Waals surface area contributed by atoms with Crippen molar-refractivity contribution in [2.45, 2.75) is 32.4 Å². The highest BCUT2D eigenvalue weighted by Crippen LogP contribution is 2.17. The maximum Gasteiger partial charge on any atom is 0.242 e. The topological polar surface area (TPSA) is 85.8 Å². The van der Waals surface area contributed by atoms with Gasteiger partial charge in [-0.3, -0.25) is 4.79 Å². The van der Waals surface area contributed by atoms with Gasteiger partial charge in [0.05, 0.1) is 11.7 Å². The lowest BCUT2D eigenvalue weighted by Crippen LogP contribution is -2.29. The summed E-state index contributed by atoms with van der Waals surface area (Å²) in [7, 11) is 0. The molecule has 0 aliphatic rings. The Labute approximate surface area is 122 Å². The molecule has 1 unspecified atom stereocenters. The average Bonchev–Trinajstić information content (AvgIpc) is 3.07. The van der Waals surface area contributed by atoms with E-state index >= 15 is 0 Å². The molecular formula is C13H19N5OS. The molecule has 6 nitrogen and oxygen atoms in total. The van der Waals surface area contributed by atoms with Gasteiger partial charge in [0.15, 0.2) is 0 Å². The number of aryl methyl sites for hydroxylation is 1. The molecule has 0 aromatic carbocycles. The van der Waals surface area contributed by atoms with Crippen molar-refractivity contribution in [2.24, 2.45) is 5.73 Å². The van der Waals surface area contributed by atoms with Crippen molar-refractivity contribution >= 4 is 17.2 Å². The Hall–Kier alpha value is -1.73. The summed E-state index contributed by atoms with van der Waals surface area (Å²) in [6.07, 6.45) is 3.47. The third-order valence-electron chi connectivity index (χ3n) is 2.88. The van der Waals surface area contributed by atoms with Crippen molar-refractivity contribution in [1.82, 2.24) is 20.3 Å². The number of hydrogen-bond acceptors (Lipinski definition) is 5. The summed E-state index contributed by atoms with van der Waals surface area (Å²) in [5.41, 5.74) is 6.32. The van der Waals surface area contributed by atoms with E-state index in [1.165, 1.54) is 0 Å². The standard InChI is InChI=1S/C13H19N5OS/c1-10(12-5-3-7-20-12)15-13(19)9-18-8-11(16-17-18)4-2-6-14/h3,5,7-8,10H,2,4,6,9,14H2,1H3,(H,15,19). The Balaban J connectivity index is 1.83. The summed E-state index contributed by atoms with van der Waals surface area (Å²) in [6.45, 7) is 2.79. The van der Waals surface area contributed by atoms with Crippen molar-refractivity contribution in [3.8, 4) is 0 Å². The molecule has 0 fully saturated rings. The van der Waals surface area contributed by atoms with Crippen LogP contribution in [0.3, 0.4) is 0 Å². The number of nitrogens with zero attached hydrogens (tertiary/aromatic N) is 3. The molecule has 1 atom stereocenters. The molecule has 0 aliphatic carbocycles. The molecule has 7 heteroatoms. The first-order valence-corrected chi connectivity index (χ1v) is 7.49. The van der Waals surface area contributed by atoms with E-state index in [2.05, 4.69) is 15.6 Å². The fourth-order valence-electron chi connectivity index (χ4n) is 1.86. The van der Waals surface area contributed by atoms with Gasteiger partial charge in [-0.05, 0) is 37.8 Å². The number of amides is 1. The van der Waals surface area contributed by atoms with Gasteiger partial charge in [-0.1, -0.05) is 11.3 Å². The second-order valence-electron chi connectivity index (χ2n) is 4.60. The molecule has 2 aromatic rings. The zero-order valence-corrected chi connectivity index (χ0v) is 12.3. The van der Waals surface area contributed by atoms with E-state index in [9.17, 15) is 4.79 Å². The van der Waals surface area contributed by atoms with Gasteiger partial charge in [0.25, 0.3) is 0 Å². The van der Waals surface area contributed by atoms with Crippen LogP contribution in [0.2, 0.25) is 0 Å². The first-order valence-electron chi connectivity index (χ1n) is 6.61. The number of hydrogen-bond donors (Lipinski definition) is 2. The fourth-order valence-corrected chi connectivity index (χ4v) is 2.59. The van der Waals surface area contributed by atoms with Crippen LogP contribution in [0, 0.1) is 0 Å². The van der Waals surface area contributed by atoms with Crippen molar-refractivity contribution < 1.29 is 4.79 Å². The number of thiophene rings is 1. The molecule has 3 N–H and O–H groups in total. The lowest BCUT2D eigenvalue weighted by molar-refractivity contribution is -0.122. The van der Waals surface area contributed by atoms with Crippen LogP contribution in [-0.2, 0) is 17.8 Å². The second kappa shape index (κ2) is 7.16. The van der Waals surface area contributed by atoms with Gasteiger partial charge < -0.3 is 11.1 Å².